The number of fused-ring (bicyclic) bond motifs is 5. The zero-order chi connectivity index (χ0) is 37.4. The smallest absolute Gasteiger partial charge is 0.205 e. The molecule has 0 saturated heterocycles. The molecule has 8 atom stereocenters. The molecule has 10 heteroatoms. The second-order valence-electron chi connectivity index (χ2n) is 16.6. The molecule has 9 rings (SSSR count). The highest BCUT2D eigenvalue weighted by Crippen LogP contribution is 2.69. The van der Waals surface area contributed by atoms with Crippen LogP contribution in [0.2, 0.25) is 0 Å². The Labute approximate surface area is 326 Å². The molecule has 278 valence electrons. The largest absolute Gasteiger partial charge is 0.444 e. The molecule has 5 aliphatic rings. The Balaban J connectivity index is 1.10. The number of aliphatic hydroxyl groups is 1. The van der Waals surface area contributed by atoms with Crippen molar-refractivity contribution in [3.63, 3.8) is 0 Å². The van der Waals surface area contributed by atoms with Gasteiger partial charge in [-0.15, -0.1) is 21.5 Å². The van der Waals surface area contributed by atoms with Gasteiger partial charge in [-0.2, -0.15) is 5.26 Å². The van der Waals surface area contributed by atoms with Crippen LogP contribution in [0.4, 0.5) is 5.00 Å². The van der Waals surface area contributed by atoms with Crippen molar-refractivity contribution >= 4 is 28.1 Å². The number of thiophene rings is 1. The molecule has 5 N–H and O–H groups in total. The summed E-state index contributed by atoms with van der Waals surface area (Å²) in [6.45, 7) is 6.96. The number of hydrogen-bond acceptors (Lipinski definition) is 9. The number of hydrogen-bond donors (Lipinski definition) is 3. The summed E-state index contributed by atoms with van der Waals surface area (Å²) < 4.78 is 8.12. The van der Waals surface area contributed by atoms with Crippen molar-refractivity contribution in [2.45, 2.75) is 95.2 Å². The standard InChI is InChI=1S/C44H48N6O2S2/c1-25-38(36(26-10-6-4-7-11-26)31(23-45)39(46)52-25)54-42-49-48-41(50(42)28-12-8-5-9-13-28)37-32(24-53-40(37)47)34-17-16-33-30-15-14-27-22-29(51)18-20-43(27,2)35(30)19-21-44(33,34)3/h4-14,24,29-30,33-36,51H,15-22,46-47H2,1-3H3/t29?,30-,33-,34+,35-,36?,43-,44-/m0/s1. The van der Waals surface area contributed by atoms with Crippen LogP contribution in [-0.4, -0.2) is 26.0 Å². The number of ether oxygens (including phenoxy) is 1. The second-order valence-corrected chi connectivity index (χ2v) is 18.5. The third-order valence-electron chi connectivity index (χ3n) is 14.1. The monoisotopic (exact) mass is 756 g/mol. The number of allylic oxidation sites excluding steroid dienone is 4. The quantitative estimate of drug-likeness (QED) is 0.166. The molecule has 1 aliphatic heterocycles. The molecule has 0 spiro atoms. The van der Waals surface area contributed by atoms with E-state index >= 15 is 0 Å². The SMILES string of the molecule is CC1=C(Sc2nnc(-c3c([C@H]4CC[C@H]5[C@@H]6CC=C7CC(O)CC[C@]7(C)[C@H]6CC[C@]45C)csc3N)n2-c2ccccc2)C(c2ccccc2)C(C#N)=C(N)O1. The van der Waals surface area contributed by atoms with Crippen molar-refractivity contribution in [3.05, 3.63) is 111 Å². The molecular formula is C44H48N6O2S2. The van der Waals surface area contributed by atoms with Crippen LogP contribution in [0.3, 0.4) is 0 Å². The van der Waals surface area contributed by atoms with E-state index < -0.39 is 5.92 Å². The minimum absolute atomic E-state index is 0.128. The number of nitrogen functional groups attached to an aromatic ring is 1. The van der Waals surface area contributed by atoms with Crippen molar-refractivity contribution < 1.29 is 9.84 Å². The van der Waals surface area contributed by atoms with Crippen LogP contribution in [0.25, 0.3) is 17.1 Å². The summed E-state index contributed by atoms with van der Waals surface area (Å²) in [7, 11) is 0. The number of rotatable bonds is 6. The summed E-state index contributed by atoms with van der Waals surface area (Å²) in [5.41, 5.74) is 19.7. The van der Waals surface area contributed by atoms with Gasteiger partial charge in [-0.1, -0.05) is 74.0 Å². The zero-order valence-electron chi connectivity index (χ0n) is 31.2. The third kappa shape index (κ3) is 5.49. The number of benzene rings is 2. The number of nitrogens with zero attached hydrogens (tertiary/aromatic N) is 4. The summed E-state index contributed by atoms with van der Waals surface area (Å²) in [4.78, 5) is 0.843. The Kier molecular flexibility index (Phi) is 8.83. The summed E-state index contributed by atoms with van der Waals surface area (Å²) in [6, 6.07) is 22.5. The maximum atomic E-state index is 10.5. The lowest BCUT2D eigenvalue weighted by atomic mass is 9.47. The maximum Gasteiger partial charge on any atom is 0.205 e. The Morgan fingerprint density at radius 1 is 0.981 bits per heavy atom. The first-order valence-electron chi connectivity index (χ1n) is 19.4. The predicted molar refractivity (Wildman–Crippen MR) is 215 cm³/mol. The number of thioether (sulfide) groups is 1. The Hall–Kier alpha value is -4.30. The van der Waals surface area contributed by atoms with Crippen molar-refractivity contribution in [1.82, 2.24) is 14.8 Å². The molecule has 2 aromatic heterocycles. The number of aromatic nitrogens is 3. The lowest BCUT2D eigenvalue weighted by Gasteiger charge is -2.58. The predicted octanol–water partition coefficient (Wildman–Crippen LogP) is 9.82. The van der Waals surface area contributed by atoms with Gasteiger partial charge in [-0.25, -0.2) is 0 Å². The van der Waals surface area contributed by atoms with Crippen LogP contribution in [0.15, 0.2) is 105 Å². The van der Waals surface area contributed by atoms with Gasteiger partial charge in [0.05, 0.1) is 22.6 Å². The van der Waals surface area contributed by atoms with E-state index in [1.807, 2.05) is 55.5 Å². The van der Waals surface area contributed by atoms with Gasteiger partial charge in [-0.05, 0) is 133 Å². The summed E-state index contributed by atoms with van der Waals surface area (Å²) >= 11 is 3.07. The zero-order valence-corrected chi connectivity index (χ0v) is 32.8. The Bertz CT molecular complexity index is 2230. The van der Waals surface area contributed by atoms with Gasteiger partial charge in [0.2, 0.25) is 11.0 Å². The molecular weight excluding hydrogens is 709 g/mol. The molecule has 54 heavy (non-hydrogen) atoms. The molecule has 0 radical (unpaired) electrons. The van der Waals surface area contributed by atoms with Crippen LogP contribution >= 0.6 is 23.1 Å². The molecule has 3 fully saturated rings. The summed E-state index contributed by atoms with van der Waals surface area (Å²) in [5, 5.41) is 34.3. The minimum atomic E-state index is -0.404. The fourth-order valence-electron chi connectivity index (χ4n) is 11.4. The van der Waals surface area contributed by atoms with Crippen LogP contribution in [-0.2, 0) is 4.74 Å². The van der Waals surface area contributed by atoms with Crippen molar-refractivity contribution in [2.75, 3.05) is 5.73 Å². The van der Waals surface area contributed by atoms with Crippen LogP contribution in [0, 0.1) is 39.9 Å². The minimum Gasteiger partial charge on any atom is -0.444 e. The molecule has 8 nitrogen and oxygen atoms in total. The van der Waals surface area contributed by atoms with Gasteiger partial charge in [0, 0.05) is 10.6 Å². The fraction of sp³-hybridized carbons (Fsp3) is 0.432. The highest BCUT2D eigenvalue weighted by atomic mass is 32.2. The van der Waals surface area contributed by atoms with Crippen molar-refractivity contribution in [3.8, 4) is 23.1 Å². The number of nitrogens with two attached hydrogens (primary N) is 2. The van der Waals surface area contributed by atoms with E-state index in [1.54, 1.807) is 11.3 Å². The van der Waals surface area contributed by atoms with E-state index in [0.29, 0.717) is 40.2 Å². The third-order valence-corrected chi connectivity index (χ3v) is 16.1. The first-order valence-corrected chi connectivity index (χ1v) is 21.1. The first-order chi connectivity index (χ1) is 26.1. The van der Waals surface area contributed by atoms with Crippen molar-refractivity contribution in [2.24, 2.45) is 34.3 Å². The maximum absolute atomic E-state index is 10.5. The molecule has 3 saturated carbocycles. The molecule has 4 aromatic rings. The molecule has 2 aromatic carbocycles. The van der Waals surface area contributed by atoms with E-state index in [-0.39, 0.29) is 22.8 Å². The lowest BCUT2D eigenvalue weighted by molar-refractivity contribution is -0.0408. The van der Waals surface area contributed by atoms with E-state index in [4.69, 9.17) is 26.4 Å². The summed E-state index contributed by atoms with van der Waals surface area (Å²) in [5.74, 6) is 3.44. The molecule has 4 aliphatic carbocycles. The number of aliphatic hydroxyl groups excluding tert-OH is 1. The van der Waals surface area contributed by atoms with Crippen LogP contribution < -0.4 is 11.5 Å². The van der Waals surface area contributed by atoms with Crippen molar-refractivity contribution in [1.29, 1.82) is 5.26 Å². The normalized spacial score (nSPS) is 31.9. The summed E-state index contributed by atoms with van der Waals surface area (Å²) in [6.07, 6.45) is 11.1. The van der Waals surface area contributed by atoms with Gasteiger partial charge >= 0.3 is 0 Å². The molecule has 0 amide bonds. The highest BCUT2D eigenvalue weighted by molar-refractivity contribution is 8.03. The average molecular weight is 757 g/mol. The van der Waals surface area contributed by atoms with E-state index in [9.17, 15) is 10.4 Å². The van der Waals surface area contributed by atoms with Gasteiger partial charge in [-0.3, -0.25) is 4.57 Å². The van der Waals surface area contributed by atoms with Gasteiger partial charge in [0.1, 0.15) is 17.4 Å². The van der Waals surface area contributed by atoms with Gasteiger partial charge < -0.3 is 21.3 Å². The highest BCUT2D eigenvalue weighted by Gasteiger charge is 2.59. The number of nitriles is 1. The second kappa shape index (κ2) is 13.5. The average Bonchev–Trinajstić information content (AvgIpc) is 3.87. The molecule has 2 unspecified atom stereocenters. The van der Waals surface area contributed by atoms with E-state index in [2.05, 4.69) is 48.1 Å². The number of para-hydroxylation sites is 1. The first kappa shape index (κ1) is 35.4. The molecule has 0 bridgehead atoms. The Morgan fingerprint density at radius 2 is 1.74 bits per heavy atom. The van der Waals surface area contributed by atoms with E-state index in [1.165, 1.54) is 42.2 Å². The number of anilines is 1. The van der Waals surface area contributed by atoms with E-state index in [0.717, 1.165) is 64.6 Å². The van der Waals surface area contributed by atoms with Crippen LogP contribution in [0.1, 0.15) is 95.1 Å². The topological polar surface area (TPSA) is 136 Å². The molecule has 3 heterocycles. The fourth-order valence-corrected chi connectivity index (χ4v) is 13.4. The van der Waals surface area contributed by atoms with Gasteiger partial charge in [0.25, 0.3) is 0 Å². The van der Waals surface area contributed by atoms with Crippen LogP contribution in [0.5, 0.6) is 0 Å². The Morgan fingerprint density at radius 3 is 2.50 bits per heavy atom. The van der Waals surface area contributed by atoms with Gasteiger partial charge in [0.15, 0.2) is 5.82 Å². The lowest BCUT2D eigenvalue weighted by Crippen LogP contribution is -2.50.